The Morgan fingerprint density at radius 3 is 2.00 bits per heavy atom. The van der Waals surface area contributed by atoms with E-state index in [9.17, 15) is 19.2 Å². The highest BCUT2D eigenvalue weighted by Crippen LogP contribution is 2.08. The molecule has 0 spiro atoms. The molecule has 10 nitrogen and oxygen atoms in total. The lowest BCUT2D eigenvalue weighted by Gasteiger charge is -2.23. The number of hydrogen-bond donors (Lipinski definition) is 4. The molecule has 38 heavy (non-hydrogen) atoms. The molecular formula is C28H40N4O6. The molecule has 2 rings (SSSR count). The van der Waals surface area contributed by atoms with Gasteiger partial charge < -0.3 is 31.2 Å². The van der Waals surface area contributed by atoms with Gasteiger partial charge in [0.2, 0.25) is 11.8 Å². The van der Waals surface area contributed by atoms with Crippen LogP contribution in [0.5, 0.6) is 0 Å². The standard InChI is InChI=1S/C21H32N4O6.C7H8/c1-21(2,3)31-20(29)25-16(18(27)24-13-17(22)26)11-7-8-12-23-19(28)30-14-15-9-5-4-6-10-15;1-7-5-3-2-4-6-7/h4-6,9-10,16H,7-8,11-14H2,1-3H3,(H2,22,26)(H,23,28)(H,24,27)(H,25,29);2-6H,1H3. The number of nitrogens with two attached hydrogens (primary N) is 1. The molecule has 2 aromatic carbocycles. The topological polar surface area (TPSA) is 149 Å². The van der Waals surface area contributed by atoms with Crippen molar-refractivity contribution in [2.75, 3.05) is 13.1 Å². The third-order valence-electron chi connectivity index (χ3n) is 4.79. The number of rotatable bonds is 11. The van der Waals surface area contributed by atoms with Crippen LogP contribution < -0.4 is 21.7 Å². The van der Waals surface area contributed by atoms with Crippen molar-refractivity contribution in [1.29, 1.82) is 0 Å². The summed E-state index contributed by atoms with van der Waals surface area (Å²) in [5.41, 5.74) is 6.52. The van der Waals surface area contributed by atoms with Gasteiger partial charge in [-0.3, -0.25) is 9.59 Å². The van der Waals surface area contributed by atoms with Crippen LogP contribution in [0.2, 0.25) is 0 Å². The summed E-state index contributed by atoms with van der Waals surface area (Å²) in [6.45, 7) is 7.39. The highest BCUT2D eigenvalue weighted by molar-refractivity contribution is 5.89. The summed E-state index contributed by atoms with van der Waals surface area (Å²) in [5, 5.41) is 7.50. The molecule has 5 N–H and O–H groups in total. The minimum Gasteiger partial charge on any atom is -0.445 e. The molecule has 0 heterocycles. The number of alkyl carbamates (subject to hydrolysis) is 2. The molecule has 2 aromatic rings. The highest BCUT2D eigenvalue weighted by atomic mass is 16.6. The van der Waals surface area contributed by atoms with Crippen molar-refractivity contribution in [3.63, 3.8) is 0 Å². The molecule has 0 aromatic heterocycles. The number of carbonyl (C=O) groups excluding carboxylic acids is 4. The van der Waals surface area contributed by atoms with Gasteiger partial charge in [0.1, 0.15) is 18.2 Å². The number of hydrogen-bond acceptors (Lipinski definition) is 6. The van der Waals surface area contributed by atoms with E-state index in [2.05, 4.69) is 35.0 Å². The van der Waals surface area contributed by atoms with E-state index in [0.29, 0.717) is 19.4 Å². The van der Waals surface area contributed by atoms with Crippen molar-refractivity contribution in [2.45, 2.75) is 65.2 Å². The molecule has 10 heteroatoms. The summed E-state index contributed by atoms with van der Waals surface area (Å²) in [5.74, 6) is -1.23. The molecule has 1 atom stereocenters. The first-order valence-electron chi connectivity index (χ1n) is 12.5. The molecular weight excluding hydrogens is 488 g/mol. The number of unbranched alkanes of at least 4 members (excludes halogenated alkanes) is 1. The van der Waals surface area contributed by atoms with E-state index in [1.807, 2.05) is 48.5 Å². The Hall–Kier alpha value is -4.08. The number of nitrogens with one attached hydrogen (secondary N) is 3. The van der Waals surface area contributed by atoms with Gasteiger partial charge in [-0.15, -0.1) is 0 Å². The van der Waals surface area contributed by atoms with Crippen molar-refractivity contribution in [2.24, 2.45) is 5.73 Å². The van der Waals surface area contributed by atoms with E-state index < -0.39 is 35.6 Å². The molecule has 0 fully saturated rings. The normalized spacial score (nSPS) is 11.2. The Bertz CT molecular complexity index is 993. The van der Waals surface area contributed by atoms with Crippen molar-refractivity contribution in [3.05, 3.63) is 71.8 Å². The minimum absolute atomic E-state index is 0.175. The van der Waals surface area contributed by atoms with E-state index >= 15 is 0 Å². The molecule has 0 saturated carbocycles. The second kappa shape index (κ2) is 17.4. The predicted molar refractivity (Wildman–Crippen MR) is 145 cm³/mol. The summed E-state index contributed by atoms with van der Waals surface area (Å²) < 4.78 is 10.3. The van der Waals surface area contributed by atoms with E-state index in [4.69, 9.17) is 15.2 Å². The number of primary amides is 1. The predicted octanol–water partition coefficient (Wildman–Crippen LogP) is 3.57. The molecule has 4 amide bonds. The van der Waals surface area contributed by atoms with Crippen molar-refractivity contribution in [1.82, 2.24) is 16.0 Å². The van der Waals surface area contributed by atoms with Crippen molar-refractivity contribution >= 4 is 24.0 Å². The van der Waals surface area contributed by atoms with Crippen molar-refractivity contribution in [3.8, 4) is 0 Å². The lowest BCUT2D eigenvalue weighted by Crippen LogP contribution is -2.49. The third kappa shape index (κ3) is 16.6. The first kappa shape index (κ1) is 31.9. The lowest BCUT2D eigenvalue weighted by molar-refractivity contribution is -0.126. The van der Waals surface area contributed by atoms with Gasteiger partial charge in [0, 0.05) is 6.54 Å². The zero-order chi connectivity index (χ0) is 28.4. The number of amides is 4. The Balaban J connectivity index is 0.000000884. The van der Waals surface area contributed by atoms with Crippen molar-refractivity contribution < 1.29 is 28.7 Å². The lowest BCUT2D eigenvalue weighted by atomic mass is 10.1. The monoisotopic (exact) mass is 528 g/mol. The van der Waals surface area contributed by atoms with Gasteiger partial charge >= 0.3 is 12.2 Å². The van der Waals surface area contributed by atoms with E-state index in [-0.39, 0.29) is 19.6 Å². The summed E-state index contributed by atoms with van der Waals surface area (Å²) >= 11 is 0. The van der Waals surface area contributed by atoms with Gasteiger partial charge in [-0.25, -0.2) is 9.59 Å². The fraction of sp³-hybridized carbons (Fsp3) is 0.429. The Morgan fingerprint density at radius 1 is 0.868 bits per heavy atom. The van der Waals surface area contributed by atoms with Gasteiger partial charge in [-0.1, -0.05) is 66.2 Å². The zero-order valence-electron chi connectivity index (χ0n) is 22.6. The number of aryl methyl sites for hydroxylation is 1. The van der Waals surface area contributed by atoms with Crippen LogP contribution in [-0.4, -0.2) is 48.7 Å². The van der Waals surface area contributed by atoms with Crippen LogP contribution in [0.3, 0.4) is 0 Å². The van der Waals surface area contributed by atoms with Crippen LogP contribution in [0.1, 0.15) is 51.2 Å². The number of ether oxygens (including phenoxy) is 2. The summed E-state index contributed by atoms with van der Waals surface area (Å²) in [4.78, 5) is 46.9. The Labute approximate surface area is 224 Å². The molecule has 1 unspecified atom stereocenters. The molecule has 208 valence electrons. The highest BCUT2D eigenvalue weighted by Gasteiger charge is 2.24. The first-order valence-corrected chi connectivity index (χ1v) is 12.5. The van der Waals surface area contributed by atoms with Crippen LogP contribution in [0.4, 0.5) is 9.59 Å². The van der Waals surface area contributed by atoms with Crippen LogP contribution in [0, 0.1) is 6.92 Å². The second-order valence-corrected chi connectivity index (χ2v) is 9.52. The van der Waals surface area contributed by atoms with Crippen LogP contribution in [-0.2, 0) is 25.7 Å². The SMILES string of the molecule is CC(C)(C)OC(=O)NC(CCCCNC(=O)OCc1ccccc1)C(=O)NCC(N)=O.Cc1ccccc1. The van der Waals surface area contributed by atoms with E-state index in [0.717, 1.165) is 5.56 Å². The molecule has 0 aliphatic carbocycles. The van der Waals surface area contributed by atoms with E-state index in [1.165, 1.54) is 5.56 Å². The van der Waals surface area contributed by atoms with Crippen LogP contribution >= 0.6 is 0 Å². The fourth-order valence-corrected chi connectivity index (χ4v) is 2.99. The van der Waals surface area contributed by atoms with Gasteiger partial charge in [-0.2, -0.15) is 0 Å². The minimum atomic E-state index is -0.903. The third-order valence-corrected chi connectivity index (χ3v) is 4.79. The average molecular weight is 529 g/mol. The molecule has 0 aliphatic rings. The molecule has 0 bridgehead atoms. The Morgan fingerprint density at radius 2 is 1.47 bits per heavy atom. The number of carbonyl (C=O) groups is 4. The average Bonchev–Trinajstić information content (AvgIpc) is 2.85. The van der Waals surface area contributed by atoms with Gasteiger partial charge in [0.25, 0.3) is 0 Å². The zero-order valence-corrected chi connectivity index (χ0v) is 22.6. The van der Waals surface area contributed by atoms with Gasteiger partial charge in [-0.05, 0) is 52.5 Å². The number of benzene rings is 2. The molecule has 0 radical (unpaired) electrons. The summed E-state index contributed by atoms with van der Waals surface area (Å²) in [6.07, 6.45) is 0.0742. The maximum absolute atomic E-state index is 12.3. The van der Waals surface area contributed by atoms with Crippen LogP contribution in [0.25, 0.3) is 0 Å². The molecule has 0 aliphatic heterocycles. The smallest absolute Gasteiger partial charge is 0.408 e. The van der Waals surface area contributed by atoms with Gasteiger partial charge in [0.05, 0.1) is 6.54 Å². The van der Waals surface area contributed by atoms with Crippen LogP contribution in [0.15, 0.2) is 60.7 Å². The molecule has 0 saturated heterocycles. The van der Waals surface area contributed by atoms with E-state index in [1.54, 1.807) is 20.8 Å². The maximum Gasteiger partial charge on any atom is 0.408 e. The second-order valence-electron chi connectivity index (χ2n) is 9.52. The summed E-state index contributed by atoms with van der Waals surface area (Å²) in [6, 6.07) is 18.7. The largest absolute Gasteiger partial charge is 0.445 e. The Kier molecular flexibility index (Phi) is 14.6. The quantitative estimate of drug-likeness (QED) is 0.328. The van der Waals surface area contributed by atoms with Gasteiger partial charge in [0.15, 0.2) is 0 Å². The summed E-state index contributed by atoms with van der Waals surface area (Å²) in [7, 11) is 0. The first-order chi connectivity index (χ1) is 18.0. The maximum atomic E-state index is 12.3. The fourth-order valence-electron chi connectivity index (χ4n) is 2.99.